The van der Waals surface area contributed by atoms with Gasteiger partial charge in [0.2, 0.25) is 0 Å². The van der Waals surface area contributed by atoms with Crippen LogP contribution >= 0.6 is 0 Å². The van der Waals surface area contributed by atoms with Gasteiger partial charge in [-0.05, 0) is 25.3 Å². The van der Waals surface area contributed by atoms with Crippen molar-refractivity contribution in [1.82, 2.24) is 0 Å². The minimum absolute atomic E-state index is 0.0509. The maximum absolute atomic E-state index is 13.9. The van der Waals surface area contributed by atoms with Gasteiger partial charge in [0.05, 0.1) is 6.10 Å². The summed E-state index contributed by atoms with van der Waals surface area (Å²) in [5.74, 6) is -0.470. The van der Waals surface area contributed by atoms with Gasteiger partial charge in [0.1, 0.15) is 5.82 Å². The van der Waals surface area contributed by atoms with E-state index in [0.717, 1.165) is 6.42 Å². The lowest BCUT2D eigenvalue weighted by molar-refractivity contribution is -0.00284. The molecule has 18 heavy (non-hydrogen) atoms. The molecule has 3 N–H and O–H groups in total. The molecule has 1 aliphatic carbocycles. The first kappa shape index (κ1) is 13.5. The molecule has 1 aromatic rings. The molecular formula is C14H20FNO2. The second kappa shape index (κ2) is 5.34. The second-order valence-corrected chi connectivity index (χ2v) is 5.03. The quantitative estimate of drug-likeness (QED) is 0.863. The van der Waals surface area contributed by atoms with E-state index in [0.29, 0.717) is 18.4 Å². The van der Waals surface area contributed by atoms with Gasteiger partial charge in [-0.25, -0.2) is 4.39 Å². The number of nitrogens with two attached hydrogens (primary N) is 1. The van der Waals surface area contributed by atoms with E-state index in [2.05, 4.69) is 0 Å². The first-order valence-electron chi connectivity index (χ1n) is 6.29. The van der Waals surface area contributed by atoms with Crippen LogP contribution in [-0.2, 0) is 10.3 Å². The molecule has 0 spiro atoms. The van der Waals surface area contributed by atoms with Gasteiger partial charge >= 0.3 is 0 Å². The van der Waals surface area contributed by atoms with Crippen molar-refractivity contribution in [3.05, 3.63) is 35.6 Å². The lowest BCUT2D eigenvalue weighted by Crippen LogP contribution is -2.51. The number of ether oxygens (including phenoxy) is 1. The summed E-state index contributed by atoms with van der Waals surface area (Å²) in [7, 11) is 1.66. The normalized spacial score (nSPS) is 32.4. The topological polar surface area (TPSA) is 55.5 Å². The van der Waals surface area contributed by atoms with Gasteiger partial charge < -0.3 is 15.6 Å². The van der Waals surface area contributed by atoms with Crippen LogP contribution in [0, 0.1) is 11.7 Å². The Morgan fingerprint density at radius 3 is 2.83 bits per heavy atom. The van der Waals surface area contributed by atoms with Crippen molar-refractivity contribution in [3.8, 4) is 0 Å². The largest absolute Gasteiger partial charge is 0.396 e. The summed E-state index contributed by atoms with van der Waals surface area (Å²) in [6.45, 7) is -0.0509. The summed E-state index contributed by atoms with van der Waals surface area (Å²) in [4.78, 5) is 0. The maximum Gasteiger partial charge on any atom is 0.128 e. The van der Waals surface area contributed by atoms with E-state index in [4.69, 9.17) is 10.5 Å². The molecule has 0 bridgehead atoms. The fourth-order valence-corrected chi connectivity index (χ4v) is 2.89. The van der Waals surface area contributed by atoms with Gasteiger partial charge in [0, 0.05) is 30.7 Å². The molecule has 1 aromatic carbocycles. The van der Waals surface area contributed by atoms with Crippen LogP contribution in [0.25, 0.3) is 0 Å². The summed E-state index contributed by atoms with van der Waals surface area (Å²) < 4.78 is 19.2. The van der Waals surface area contributed by atoms with E-state index < -0.39 is 5.54 Å². The minimum atomic E-state index is -0.797. The highest BCUT2D eigenvalue weighted by Gasteiger charge is 2.42. The van der Waals surface area contributed by atoms with Crippen molar-refractivity contribution in [2.45, 2.75) is 30.9 Å². The lowest BCUT2D eigenvalue weighted by atomic mass is 9.68. The van der Waals surface area contributed by atoms with Gasteiger partial charge in [-0.1, -0.05) is 18.2 Å². The summed E-state index contributed by atoms with van der Waals surface area (Å²) in [6.07, 6.45) is 2.18. The summed E-state index contributed by atoms with van der Waals surface area (Å²) in [5, 5.41) is 9.53. The van der Waals surface area contributed by atoms with E-state index in [1.165, 1.54) is 6.07 Å². The Bertz CT molecular complexity index is 413. The van der Waals surface area contributed by atoms with Crippen molar-refractivity contribution in [2.24, 2.45) is 11.7 Å². The summed E-state index contributed by atoms with van der Waals surface area (Å²) in [6, 6.07) is 6.56. The number of hydrogen-bond donors (Lipinski definition) is 2. The molecular weight excluding hydrogens is 233 g/mol. The highest BCUT2D eigenvalue weighted by atomic mass is 19.1. The Kier molecular flexibility index (Phi) is 4.00. The molecule has 3 nitrogen and oxygen atoms in total. The number of aliphatic hydroxyl groups is 1. The van der Waals surface area contributed by atoms with Gasteiger partial charge in [0.25, 0.3) is 0 Å². The third-order valence-electron chi connectivity index (χ3n) is 4.08. The molecule has 0 heterocycles. The maximum atomic E-state index is 13.9. The molecule has 0 aliphatic heterocycles. The van der Waals surface area contributed by atoms with Crippen LogP contribution in [0.15, 0.2) is 24.3 Å². The van der Waals surface area contributed by atoms with Crippen LogP contribution in [0.3, 0.4) is 0 Å². The molecule has 100 valence electrons. The monoisotopic (exact) mass is 253 g/mol. The molecule has 1 fully saturated rings. The molecule has 1 aliphatic rings. The number of hydrogen-bond acceptors (Lipinski definition) is 3. The van der Waals surface area contributed by atoms with Gasteiger partial charge in [-0.2, -0.15) is 0 Å². The molecule has 2 unspecified atom stereocenters. The van der Waals surface area contributed by atoms with E-state index >= 15 is 0 Å². The van der Waals surface area contributed by atoms with Crippen molar-refractivity contribution in [2.75, 3.05) is 13.7 Å². The van der Waals surface area contributed by atoms with Gasteiger partial charge in [-0.15, -0.1) is 0 Å². The zero-order chi connectivity index (χ0) is 13.2. The Morgan fingerprint density at radius 1 is 1.50 bits per heavy atom. The van der Waals surface area contributed by atoms with E-state index in [1.54, 1.807) is 25.3 Å². The molecule has 0 aromatic heterocycles. The van der Waals surface area contributed by atoms with Crippen LogP contribution in [0.2, 0.25) is 0 Å². The number of benzene rings is 1. The number of methoxy groups -OCH3 is 1. The van der Waals surface area contributed by atoms with Crippen LogP contribution in [-0.4, -0.2) is 24.9 Å². The number of halogens is 1. The van der Waals surface area contributed by atoms with Gasteiger partial charge in [-0.3, -0.25) is 0 Å². The summed E-state index contributed by atoms with van der Waals surface area (Å²) >= 11 is 0. The molecule has 0 saturated heterocycles. The van der Waals surface area contributed by atoms with E-state index in [1.807, 2.05) is 0 Å². The average molecular weight is 253 g/mol. The standard InChI is InChI=1S/C14H20FNO2/c1-18-11-6-7-14(16,10(8-11)9-17)12-4-2-3-5-13(12)15/h2-5,10-11,17H,6-9,16H2,1H3/t10-,11?,14?/m0/s1. The van der Waals surface area contributed by atoms with Crippen LogP contribution < -0.4 is 5.73 Å². The third-order valence-corrected chi connectivity index (χ3v) is 4.08. The molecule has 2 rings (SSSR count). The fourth-order valence-electron chi connectivity index (χ4n) is 2.89. The first-order chi connectivity index (χ1) is 8.61. The Labute approximate surface area is 107 Å². The SMILES string of the molecule is COC1CCC(N)(c2ccccc2F)[C@H](CO)C1. The number of rotatable bonds is 3. The van der Waals surface area contributed by atoms with Crippen LogP contribution in [0.4, 0.5) is 4.39 Å². The highest BCUT2D eigenvalue weighted by Crippen LogP contribution is 2.41. The Morgan fingerprint density at radius 2 is 2.22 bits per heavy atom. The number of aliphatic hydroxyl groups excluding tert-OH is 1. The Hall–Kier alpha value is -0.970. The average Bonchev–Trinajstić information content (AvgIpc) is 2.39. The molecule has 0 radical (unpaired) electrons. The molecule has 3 atom stereocenters. The lowest BCUT2D eigenvalue weighted by Gasteiger charge is -2.43. The smallest absolute Gasteiger partial charge is 0.128 e. The zero-order valence-corrected chi connectivity index (χ0v) is 10.6. The highest BCUT2D eigenvalue weighted by molar-refractivity contribution is 5.28. The van der Waals surface area contributed by atoms with Crippen LogP contribution in [0.5, 0.6) is 0 Å². The van der Waals surface area contributed by atoms with Crippen molar-refractivity contribution in [1.29, 1.82) is 0 Å². The predicted octanol–water partition coefficient (Wildman–Crippen LogP) is 1.79. The van der Waals surface area contributed by atoms with Crippen molar-refractivity contribution >= 4 is 0 Å². The molecule has 4 heteroatoms. The Balaban J connectivity index is 2.32. The third kappa shape index (κ3) is 2.28. The zero-order valence-electron chi connectivity index (χ0n) is 10.6. The van der Waals surface area contributed by atoms with Crippen molar-refractivity contribution in [3.63, 3.8) is 0 Å². The fraction of sp³-hybridized carbons (Fsp3) is 0.571. The van der Waals surface area contributed by atoms with E-state index in [-0.39, 0.29) is 24.4 Å². The predicted molar refractivity (Wildman–Crippen MR) is 67.5 cm³/mol. The minimum Gasteiger partial charge on any atom is -0.396 e. The molecule has 1 saturated carbocycles. The van der Waals surface area contributed by atoms with E-state index in [9.17, 15) is 9.50 Å². The molecule has 0 amide bonds. The first-order valence-corrected chi connectivity index (χ1v) is 6.29. The van der Waals surface area contributed by atoms with Crippen molar-refractivity contribution < 1.29 is 14.2 Å². The van der Waals surface area contributed by atoms with Gasteiger partial charge in [0.15, 0.2) is 0 Å². The van der Waals surface area contributed by atoms with Crippen LogP contribution in [0.1, 0.15) is 24.8 Å². The summed E-state index contributed by atoms with van der Waals surface area (Å²) in [5.41, 5.74) is 6.10. The second-order valence-electron chi connectivity index (χ2n) is 5.03.